The molecule has 3 N–H and O–H groups in total. The Kier molecular flexibility index (Phi) is 2.55. The molecule has 6 heteroatoms. The molecule has 0 saturated carbocycles. The summed E-state index contributed by atoms with van der Waals surface area (Å²) in [5, 5.41) is 11.1. The molecular weight excluding hydrogens is 198 g/mol. The molecule has 0 spiro atoms. The maximum absolute atomic E-state index is 5.45. The molecule has 0 aliphatic heterocycles. The summed E-state index contributed by atoms with van der Waals surface area (Å²) in [4.78, 5) is 1.02. The van der Waals surface area contributed by atoms with Crippen molar-refractivity contribution in [2.24, 2.45) is 5.73 Å². The zero-order valence-electron chi connectivity index (χ0n) is 7.82. The van der Waals surface area contributed by atoms with Crippen molar-refractivity contribution >= 4 is 11.5 Å². The van der Waals surface area contributed by atoms with Crippen LogP contribution in [0.1, 0.15) is 11.4 Å². The molecule has 74 valence electrons. The van der Waals surface area contributed by atoms with Gasteiger partial charge in [0, 0.05) is 12.1 Å². The molecule has 2 rings (SSSR count). The summed E-state index contributed by atoms with van der Waals surface area (Å²) in [6.45, 7) is 2.55. The van der Waals surface area contributed by atoms with Gasteiger partial charge in [0.25, 0.3) is 0 Å². The first-order valence-electron chi connectivity index (χ1n) is 4.35. The van der Waals surface area contributed by atoms with Crippen LogP contribution < -0.4 is 5.73 Å². The van der Waals surface area contributed by atoms with Crippen LogP contribution in [0.25, 0.3) is 10.6 Å². The number of nitrogens with zero attached hydrogens (tertiary/aromatic N) is 3. The van der Waals surface area contributed by atoms with Crippen LogP contribution in [-0.4, -0.2) is 26.3 Å². The van der Waals surface area contributed by atoms with E-state index in [2.05, 4.69) is 19.8 Å². The van der Waals surface area contributed by atoms with Crippen LogP contribution in [0.5, 0.6) is 0 Å². The van der Waals surface area contributed by atoms with Crippen LogP contribution in [0.4, 0.5) is 0 Å². The van der Waals surface area contributed by atoms with Crippen molar-refractivity contribution in [3.8, 4) is 10.6 Å². The fourth-order valence-corrected chi connectivity index (χ4v) is 1.84. The Morgan fingerprint density at radius 2 is 2.43 bits per heavy atom. The first kappa shape index (κ1) is 9.29. The Labute approximate surface area is 85.5 Å². The number of hydrogen-bond donors (Lipinski definition) is 2. The third kappa shape index (κ3) is 1.66. The first-order valence-corrected chi connectivity index (χ1v) is 5.12. The van der Waals surface area contributed by atoms with E-state index in [4.69, 9.17) is 5.73 Å². The largest absolute Gasteiger partial charge is 0.330 e. The van der Waals surface area contributed by atoms with E-state index in [0.717, 1.165) is 28.4 Å². The summed E-state index contributed by atoms with van der Waals surface area (Å²) in [5.41, 5.74) is 8.32. The van der Waals surface area contributed by atoms with Gasteiger partial charge < -0.3 is 5.73 Å². The van der Waals surface area contributed by atoms with Crippen molar-refractivity contribution < 1.29 is 0 Å². The number of H-pyrrole nitrogens is 1. The molecule has 2 heterocycles. The predicted molar refractivity (Wildman–Crippen MR) is 55.0 cm³/mol. The quantitative estimate of drug-likeness (QED) is 0.781. The second-order valence-electron chi connectivity index (χ2n) is 3.00. The Balaban J connectivity index is 2.29. The van der Waals surface area contributed by atoms with E-state index in [1.54, 1.807) is 0 Å². The Morgan fingerprint density at radius 1 is 1.57 bits per heavy atom. The number of hydrogen-bond acceptors (Lipinski definition) is 5. The van der Waals surface area contributed by atoms with Gasteiger partial charge in [0.2, 0.25) is 0 Å². The van der Waals surface area contributed by atoms with Gasteiger partial charge in [-0.15, -0.1) is 5.10 Å². The summed E-state index contributed by atoms with van der Waals surface area (Å²) in [5.74, 6) is 0. The smallest absolute Gasteiger partial charge is 0.106 e. The number of aryl methyl sites for hydroxylation is 1. The minimum atomic E-state index is 0.627. The van der Waals surface area contributed by atoms with E-state index in [-0.39, 0.29) is 0 Å². The first-order chi connectivity index (χ1) is 6.81. The van der Waals surface area contributed by atoms with Gasteiger partial charge in [0.05, 0.1) is 10.6 Å². The average molecular weight is 209 g/mol. The molecule has 0 aliphatic rings. The highest BCUT2D eigenvalue weighted by molar-refractivity contribution is 7.09. The highest BCUT2D eigenvalue weighted by atomic mass is 32.1. The Morgan fingerprint density at radius 3 is 3.07 bits per heavy atom. The lowest BCUT2D eigenvalue weighted by Crippen LogP contribution is -2.02. The zero-order valence-corrected chi connectivity index (χ0v) is 8.64. The lowest BCUT2D eigenvalue weighted by Gasteiger charge is -1.88. The van der Waals surface area contributed by atoms with Crippen molar-refractivity contribution in [3.05, 3.63) is 17.5 Å². The monoisotopic (exact) mass is 209 g/mol. The fraction of sp³-hybridized carbons (Fsp3) is 0.375. The molecule has 0 amide bonds. The highest BCUT2D eigenvalue weighted by Gasteiger charge is 2.09. The molecule has 0 unspecified atom stereocenters. The van der Waals surface area contributed by atoms with Crippen molar-refractivity contribution in [3.63, 3.8) is 0 Å². The SMILES string of the molecule is Cc1nnsc1-c1cc(CCN)[nH]n1. The molecule has 2 aromatic heterocycles. The van der Waals surface area contributed by atoms with E-state index in [1.807, 2.05) is 13.0 Å². The molecule has 0 saturated heterocycles. The van der Waals surface area contributed by atoms with E-state index >= 15 is 0 Å². The van der Waals surface area contributed by atoms with Crippen LogP contribution in [0, 0.1) is 6.92 Å². The molecule has 0 aliphatic carbocycles. The summed E-state index contributed by atoms with van der Waals surface area (Å²) in [6, 6.07) is 2.00. The third-order valence-electron chi connectivity index (χ3n) is 1.93. The topological polar surface area (TPSA) is 80.5 Å². The van der Waals surface area contributed by atoms with Gasteiger partial charge in [-0.2, -0.15) is 5.10 Å². The van der Waals surface area contributed by atoms with Crippen molar-refractivity contribution in [1.29, 1.82) is 0 Å². The van der Waals surface area contributed by atoms with E-state index in [0.29, 0.717) is 6.54 Å². The van der Waals surface area contributed by atoms with Gasteiger partial charge in [-0.3, -0.25) is 5.10 Å². The van der Waals surface area contributed by atoms with Gasteiger partial charge in [-0.05, 0) is 31.1 Å². The third-order valence-corrected chi connectivity index (χ3v) is 2.78. The zero-order chi connectivity index (χ0) is 9.97. The van der Waals surface area contributed by atoms with E-state index in [1.165, 1.54) is 11.5 Å². The minimum absolute atomic E-state index is 0.627. The molecule has 2 aromatic rings. The minimum Gasteiger partial charge on any atom is -0.330 e. The van der Waals surface area contributed by atoms with Gasteiger partial charge in [0.15, 0.2) is 0 Å². The average Bonchev–Trinajstić information content (AvgIpc) is 2.74. The maximum Gasteiger partial charge on any atom is 0.106 e. The standard InChI is InChI=1S/C8H11N5S/c1-5-8(14-13-10-5)7-4-6(2-3-9)11-12-7/h4H,2-3,9H2,1H3,(H,11,12). The molecular formula is C8H11N5S. The predicted octanol–water partition coefficient (Wildman–Crippen LogP) is 0.738. The number of rotatable bonds is 3. The lowest BCUT2D eigenvalue weighted by molar-refractivity contribution is 0.902. The van der Waals surface area contributed by atoms with Crippen LogP contribution >= 0.6 is 11.5 Å². The number of nitrogens with two attached hydrogens (primary N) is 1. The van der Waals surface area contributed by atoms with E-state index in [9.17, 15) is 0 Å². The molecule has 0 fully saturated rings. The fourth-order valence-electron chi connectivity index (χ4n) is 1.23. The van der Waals surface area contributed by atoms with Crippen molar-refractivity contribution in [2.75, 3.05) is 6.54 Å². The molecule has 0 bridgehead atoms. The van der Waals surface area contributed by atoms with Crippen molar-refractivity contribution in [2.45, 2.75) is 13.3 Å². The van der Waals surface area contributed by atoms with Crippen LogP contribution in [0.3, 0.4) is 0 Å². The summed E-state index contributed by atoms with van der Waals surface area (Å²) < 4.78 is 3.87. The second-order valence-corrected chi connectivity index (χ2v) is 3.76. The maximum atomic E-state index is 5.45. The normalized spacial score (nSPS) is 10.7. The second kappa shape index (κ2) is 3.85. The molecule has 5 nitrogen and oxygen atoms in total. The number of nitrogens with one attached hydrogen (secondary N) is 1. The Hall–Kier alpha value is -1.27. The van der Waals surface area contributed by atoms with Gasteiger partial charge in [-0.1, -0.05) is 4.49 Å². The van der Waals surface area contributed by atoms with Gasteiger partial charge >= 0.3 is 0 Å². The van der Waals surface area contributed by atoms with Crippen LogP contribution in [0.2, 0.25) is 0 Å². The summed E-state index contributed by atoms with van der Waals surface area (Å²) in [7, 11) is 0. The summed E-state index contributed by atoms with van der Waals surface area (Å²) >= 11 is 1.36. The number of aromatic amines is 1. The van der Waals surface area contributed by atoms with Crippen LogP contribution in [0.15, 0.2) is 6.07 Å². The lowest BCUT2D eigenvalue weighted by atomic mass is 10.2. The molecule has 14 heavy (non-hydrogen) atoms. The molecule has 0 radical (unpaired) electrons. The molecule has 0 atom stereocenters. The number of aromatic nitrogens is 4. The van der Waals surface area contributed by atoms with Crippen molar-refractivity contribution in [1.82, 2.24) is 19.8 Å². The van der Waals surface area contributed by atoms with E-state index < -0.39 is 0 Å². The Bertz CT molecular complexity index is 419. The van der Waals surface area contributed by atoms with Gasteiger partial charge in [-0.25, -0.2) is 0 Å². The van der Waals surface area contributed by atoms with Crippen LogP contribution in [-0.2, 0) is 6.42 Å². The molecule has 0 aromatic carbocycles. The highest BCUT2D eigenvalue weighted by Crippen LogP contribution is 2.23. The van der Waals surface area contributed by atoms with Gasteiger partial charge in [0.1, 0.15) is 5.69 Å². The summed E-state index contributed by atoms with van der Waals surface area (Å²) in [6.07, 6.45) is 0.818.